The number of rotatable bonds is 4. The molecule has 0 atom stereocenters. The van der Waals surface area contributed by atoms with Crippen molar-refractivity contribution >= 4 is 11.6 Å². The van der Waals surface area contributed by atoms with Crippen LogP contribution in [0.2, 0.25) is 0 Å². The van der Waals surface area contributed by atoms with Crippen LogP contribution in [0, 0.1) is 13.8 Å². The van der Waals surface area contributed by atoms with Crippen LogP contribution in [-0.4, -0.2) is 35.9 Å². The molecule has 1 aliphatic rings. The van der Waals surface area contributed by atoms with Crippen molar-refractivity contribution in [3.63, 3.8) is 0 Å². The first kappa shape index (κ1) is 18.2. The zero-order valence-electron chi connectivity index (χ0n) is 16.8. The second kappa shape index (κ2) is 7.22. The standard InChI is InChI=1S/C22H21N7O/c1-14-6-9-17(10-7-14)29-20-5-3-4-18(20)21(25-29)22(30)24-16-8-11-19(15(2)12-16)28-13-23-26-27-28/h6-13H,3-5H2,1-2H3,(H,24,30). The quantitative estimate of drug-likeness (QED) is 0.569. The Hall–Kier alpha value is -3.81. The smallest absolute Gasteiger partial charge is 0.276 e. The highest BCUT2D eigenvalue weighted by Crippen LogP contribution is 2.29. The summed E-state index contributed by atoms with van der Waals surface area (Å²) in [7, 11) is 0. The van der Waals surface area contributed by atoms with Crippen LogP contribution in [0.25, 0.3) is 11.4 Å². The molecular weight excluding hydrogens is 378 g/mol. The van der Waals surface area contributed by atoms with Crippen molar-refractivity contribution in [2.24, 2.45) is 0 Å². The second-order valence-electron chi connectivity index (χ2n) is 7.58. The van der Waals surface area contributed by atoms with Crippen LogP contribution < -0.4 is 5.32 Å². The van der Waals surface area contributed by atoms with Gasteiger partial charge >= 0.3 is 0 Å². The molecule has 150 valence electrons. The zero-order valence-corrected chi connectivity index (χ0v) is 16.8. The molecule has 0 bridgehead atoms. The molecule has 4 aromatic rings. The van der Waals surface area contributed by atoms with Gasteiger partial charge in [0.05, 0.1) is 11.4 Å². The Kier molecular flexibility index (Phi) is 4.39. The summed E-state index contributed by atoms with van der Waals surface area (Å²) in [5.74, 6) is -0.186. The molecule has 8 nitrogen and oxygen atoms in total. The maximum absolute atomic E-state index is 13.1. The maximum Gasteiger partial charge on any atom is 0.276 e. The van der Waals surface area contributed by atoms with Crippen LogP contribution in [0.15, 0.2) is 48.8 Å². The van der Waals surface area contributed by atoms with Gasteiger partial charge in [-0.05, 0) is 79.4 Å². The number of hydrogen-bond acceptors (Lipinski definition) is 5. The van der Waals surface area contributed by atoms with Crippen molar-refractivity contribution in [2.75, 3.05) is 5.32 Å². The molecule has 0 saturated carbocycles. The first-order valence-corrected chi connectivity index (χ1v) is 9.93. The molecule has 5 rings (SSSR count). The minimum absolute atomic E-state index is 0.186. The van der Waals surface area contributed by atoms with E-state index in [0.717, 1.165) is 47.5 Å². The Morgan fingerprint density at radius 3 is 2.63 bits per heavy atom. The van der Waals surface area contributed by atoms with Crippen LogP contribution in [0.3, 0.4) is 0 Å². The van der Waals surface area contributed by atoms with Crippen LogP contribution in [0.4, 0.5) is 5.69 Å². The van der Waals surface area contributed by atoms with E-state index in [1.807, 2.05) is 41.9 Å². The average molecular weight is 399 g/mol. The molecule has 2 aromatic heterocycles. The Bertz CT molecular complexity index is 1220. The fraction of sp³-hybridized carbons (Fsp3) is 0.227. The van der Waals surface area contributed by atoms with Gasteiger partial charge in [-0.15, -0.1) is 5.10 Å². The molecule has 2 heterocycles. The Labute approximate surface area is 173 Å². The summed E-state index contributed by atoms with van der Waals surface area (Å²) >= 11 is 0. The molecule has 1 aliphatic carbocycles. The first-order valence-electron chi connectivity index (χ1n) is 9.93. The van der Waals surface area contributed by atoms with Crippen molar-refractivity contribution < 1.29 is 4.79 Å². The van der Waals surface area contributed by atoms with Crippen molar-refractivity contribution in [1.82, 2.24) is 30.0 Å². The second-order valence-corrected chi connectivity index (χ2v) is 7.58. The predicted octanol–water partition coefficient (Wildman–Crippen LogP) is 3.21. The summed E-state index contributed by atoms with van der Waals surface area (Å²) in [6.45, 7) is 4.01. The summed E-state index contributed by atoms with van der Waals surface area (Å²) in [6, 6.07) is 13.9. The number of amides is 1. The van der Waals surface area contributed by atoms with Gasteiger partial charge in [0, 0.05) is 16.9 Å². The van der Waals surface area contributed by atoms with Crippen LogP contribution in [0.5, 0.6) is 0 Å². The third-order valence-electron chi connectivity index (χ3n) is 5.47. The number of hydrogen-bond donors (Lipinski definition) is 1. The predicted molar refractivity (Wildman–Crippen MR) is 112 cm³/mol. The van der Waals surface area contributed by atoms with Gasteiger partial charge in [-0.25, -0.2) is 9.36 Å². The number of nitrogens with zero attached hydrogens (tertiary/aromatic N) is 6. The molecule has 0 fully saturated rings. The van der Waals surface area contributed by atoms with E-state index in [1.54, 1.807) is 11.0 Å². The average Bonchev–Trinajstić information content (AvgIpc) is 3.47. The number of aromatic nitrogens is 6. The molecule has 1 amide bonds. The molecule has 2 aromatic carbocycles. The molecule has 0 spiro atoms. The fourth-order valence-corrected chi connectivity index (χ4v) is 3.97. The van der Waals surface area contributed by atoms with Crippen LogP contribution >= 0.6 is 0 Å². The molecule has 30 heavy (non-hydrogen) atoms. The van der Waals surface area contributed by atoms with Crippen molar-refractivity contribution in [3.8, 4) is 11.4 Å². The minimum atomic E-state index is -0.186. The molecular formula is C22H21N7O. The van der Waals surface area contributed by atoms with Gasteiger partial charge in [0.2, 0.25) is 0 Å². The number of carbonyl (C=O) groups is 1. The van der Waals surface area contributed by atoms with E-state index in [1.165, 1.54) is 5.56 Å². The van der Waals surface area contributed by atoms with Gasteiger partial charge in [0.1, 0.15) is 6.33 Å². The van der Waals surface area contributed by atoms with E-state index in [0.29, 0.717) is 11.4 Å². The summed E-state index contributed by atoms with van der Waals surface area (Å²) in [5, 5.41) is 18.9. The van der Waals surface area contributed by atoms with Crippen molar-refractivity contribution in [3.05, 3.63) is 76.9 Å². The Balaban J connectivity index is 1.44. The van der Waals surface area contributed by atoms with Crippen LogP contribution in [0.1, 0.15) is 39.3 Å². The first-order chi connectivity index (χ1) is 14.6. The largest absolute Gasteiger partial charge is 0.321 e. The molecule has 1 N–H and O–H groups in total. The van der Waals surface area contributed by atoms with Gasteiger partial charge in [-0.1, -0.05) is 17.7 Å². The van der Waals surface area contributed by atoms with E-state index in [-0.39, 0.29) is 5.91 Å². The van der Waals surface area contributed by atoms with Crippen LogP contribution in [-0.2, 0) is 12.8 Å². The van der Waals surface area contributed by atoms with E-state index in [2.05, 4.69) is 45.0 Å². The maximum atomic E-state index is 13.1. The summed E-state index contributed by atoms with van der Waals surface area (Å²) in [5.41, 5.74) is 7.40. The summed E-state index contributed by atoms with van der Waals surface area (Å²) in [4.78, 5) is 13.1. The number of benzene rings is 2. The summed E-state index contributed by atoms with van der Waals surface area (Å²) < 4.78 is 3.51. The highest BCUT2D eigenvalue weighted by Gasteiger charge is 2.27. The Morgan fingerprint density at radius 1 is 1.07 bits per heavy atom. The third kappa shape index (κ3) is 3.16. The monoisotopic (exact) mass is 399 g/mol. The van der Waals surface area contributed by atoms with Gasteiger partial charge in [-0.2, -0.15) is 5.10 Å². The highest BCUT2D eigenvalue weighted by molar-refractivity contribution is 6.04. The Morgan fingerprint density at radius 2 is 1.90 bits per heavy atom. The van der Waals surface area contributed by atoms with E-state index >= 15 is 0 Å². The molecule has 0 saturated heterocycles. The van der Waals surface area contributed by atoms with Crippen molar-refractivity contribution in [1.29, 1.82) is 0 Å². The SMILES string of the molecule is Cc1ccc(-n2nc(C(=O)Nc3ccc(-n4cnnn4)c(C)c3)c3c2CCC3)cc1. The van der Waals surface area contributed by atoms with Gasteiger partial charge in [0.15, 0.2) is 5.69 Å². The normalized spacial score (nSPS) is 12.7. The molecule has 0 unspecified atom stereocenters. The molecule has 0 aliphatic heterocycles. The number of anilines is 1. The topological polar surface area (TPSA) is 90.5 Å². The highest BCUT2D eigenvalue weighted by atomic mass is 16.2. The number of carbonyl (C=O) groups excluding carboxylic acids is 1. The number of tetrazole rings is 1. The van der Waals surface area contributed by atoms with E-state index < -0.39 is 0 Å². The number of fused-ring (bicyclic) bond motifs is 1. The molecule has 0 radical (unpaired) electrons. The lowest BCUT2D eigenvalue weighted by Crippen LogP contribution is -2.15. The fourth-order valence-electron chi connectivity index (χ4n) is 3.97. The van der Waals surface area contributed by atoms with Crippen molar-refractivity contribution in [2.45, 2.75) is 33.1 Å². The van der Waals surface area contributed by atoms with E-state index in [9.17, 15) is 4.79 Å². The number of aryl methyl sites for hydroxylation is 2. The zero-order chi connectivity index (χ0) is 20.7. The van der Waals surface area contributed by atoms with Gasteiger partial charge in [-0.3, -0.25) is 4.79 Å². The lowest BCUT2D eigenvalue weighted by Gasteiger charge is -2.09. The van der Waals surface area contributed by atoms with Gasteiger partial charge in [0.25, 0.3) is 5.91 Å². The lowest BCUT2D eigenvalue weighted by molar-refractivity contribution is 0.102. The molecule has 8 heteroatoms. The van der Waals surface area contributed by atoms with E-state index in [4.69, 9.17) is 0 Å². The number of nitrogens with one attached hydrogen (secondary N) is 1. The van der Waals surface area contributed by atoms with Gasteiger partial charge < -0.3 is 5.32 Å². The lowest BCUT2D eigenvalue weighted by atomic mass is 10.1. The summed E-state index contributed by atoms with van der Waals surface area (Å²) in [6.07, 6.45) is 4.39. The minimum Gasteiger partial charge on any atom is -0.321 e. The third-order valence-corrected chi connectivity index (χ3v) is 5.47.